The first kappa shape index (κ1) is 14.7. The summed E-state index contributed by atoms with van der Waals surface area (Å²) in [4.78, 5) is 12.6. The Labute approximate surface area is 124 Å². The summed E-state index contributed by atoms with van der Waals surface area (Å²) in [7, 11) is 0. The van der Waals surface area contributed by atoms with E-state index < -0.39 is 5.97 Å². The minimum Gasteiger partial charge on any atom is -0.478 e. The van der Waals surface area contributed by atoms with Crippen LogP contribution in [0.1, 0.15) is 24.0 Å². The van der Waals surface area contributed by atoms with Gasteiger partial charge in [-0.25, -0.2) is 4.79 Å². The first-order valence-corrected chi connectivity index (χ1v) is 6.77. The van der Waals surface area contributed by atoms with Crippen LogP contribution in [0.15, 0.2) is 24.3 Å². The van der Waals surface area contributed by atoms with Crippen LogP contribution in [-0.4, -0.2) is 24.2 Å². The van der Waals surface area contributed by atoms with Crippen molar-refractivity contribution in [2.75, 3.05) is 18.0 Å². The zero-order chi connectivity index (χ0) is 15.2. The minimum atomic E-state index is -1.01. The van der Waals surface area contributed by atoms with Crippen LogP contribution in [0, 0.1) is 29.6 Å². The number of aliphatic carboxylic acids is 1. The lowest BCUT2D eigenvalue weighted by molar-refractivity contribution is -0.131. The first-order chi connectivity index (χ1) is 10.1. The average molecular weight is 280 g/mol. The number of terminal acetylenes is 1. The molecule has 0 heterocycles. The van der Waals surface area contributed by atoms with Gasteiger partial charge in [-0.05, 0) is 42.5 Å². The lowest BCUT2D eigenvalue weighted by atomic mass is 10.1. The maximum atomic E-state index is 10.5. The highest BCUT2D eigenvalue weighted by Crippen LogP contribution is 2.32. The molecule has 1 aliphatic carbocycles. The number of carboxylic acids is 1. The lowest BCUT2D eigenvalue weighted by Crippen LogP contribution is -2.26. The van der Waals surface area contributed by atoms with E-state index in [1.165, 1.54) is 18.9 Å². The Kier molecular flexibility index (Phi) is 4.64. The van der Waals surface area contributed by atoms with E-state index in [2.05, 4.69) is 12.0 Å². The van der Waals surface area contributed by atoms with Gasteiger partial charge in [0.2, 0.25) is 0 Å². The van der Waals surface area contributed by atoms with Crippen LogP contribution in [0.3, 0.4) is 0 Å². The molecule has 0 amide bonds. The molecular formula is C17H16N2O2. The Balaban J connectivity index is 2.27. The van der Waals surface area contributed by atoms with E-state index in [1.54, 1.807) is 12.1 Å². The van der Waals surface area contributed by atoms with Gasteiger partial charge in [0.1, 0.15) is 6.07 Å². The van der Waals surface area contributed by atoms with Gasteiger partial charge in [0.25, 0.3) is 0 Å². The number of hydrogen-bond acceptors (Lipinski definition) is 3. The van der Waals surface area contributed by atoms with E-state index in [4.69, 9.17) is 11.5 Å². The molecule has 0 radical (unpaired) electrons. The molecule has 4 heteroatoms. The number of rotatable bonds is 6. The van der Waals surface area contributed by atoms with Crippen molar-refractivity contribution in [1.29, 1.82) is 5.26 Å². The zero-order valence-corrected chi connectivity index (χ0v) is 11.6. The molecule has 0 saturated heterocycles. The maximum absolute atomic E-state index is 10.5. The van der Waals surface area contributed by atoms with E-state index in [9.17, 15) is 10.1 Å². The van der Waals surface area contributed by atoms with Crippen LogP contribution < -0.4 is 4.90 Å². The molecule has 1 N–H and O–H groups in total. The summed E-state index contributed by atoms with van der Waals surface area (Å²) in [5.41, 5.74) is 2.01. The number of hydrogen-bond donors (Lipinski definition) is 1. The molecule has 4 nitrogen and oxygen atoms in total. The Morgan fingerprint density at radius 2 is 2.29 bits per heavy atom. The third-order valence-corrected chi connectivity index (χ3v) is 3.36. The Bertz CT molecular complexity index is 646. The maximum Gasteiger partial charge on any atom is 0.328 e. The van der Waals surface area contributed by atoms with Crippen LogP contribution >= 0.6 is 0 Å². The quantitative estimate of drug-likeness (QED) is 0.642. The Morgan fingerprint density at radius 1 is 1.52 bits per heavy atom. The third-order valence-electron chi connectivity index (χ3n) is 3.36. The molecule has 0 spiro atoms. The van der Waals surface area contributed by atoms with Gasteiger partial charge in [-0.15, -0.1) is 6.42 Å². The van der Waals surface area contributed by atoms with Crippen LogP contribution in [-0.2, 0) is 4.79 Å². The topological polar surface area (TPSA) is 64.3 Å². The van der Waals surface area contributed by atoms with Crippen molar-refractivity contribution in [2.24, 2.45) is 5.92 Å². The minimum absolute atomic E-state index is 0.468. The molecule has 0 atom stereocenters. The predicted molar refractivity (Wildman–Crippen MR) is 81.6 cm³/mol. The van der Waals surface area contributed by atoms with Crippen molar-refractivity contribution in [3.8, 4) is 18.4 Å². The molecule has 1 fully saturated rings. The van der Waals surface area contributed by atoms with Crippen molar-refractivity contribution in [1.82, 2.24) is 0 Å². The SMILES string of the molecule is C#CCN(CC1CC1)c1ccc(/C=C/C(=O)O)cc1C#N. The van der Waals surface area contributed by atoms with E-state index in [0.29, 0.717) is 23.6 Å². The van der Waals surface area contributed by atoms with Crippen molar-refractivity contribution in [2.45, 2.75) is 12.8 Å². The highest BCUT2D eigenvalue weighted by atomic mass is 16.4. The number of nitriles is 1. The zero-order valence-electron chi connectivity index (χ0n) is 11.6. The molecule has 0 unspecified atom stereocenters. The average Bonchev–Trinajstić information content (AvgIpc) is 3.28. The van der Waals surface area contributed by atoms with Gasteiger partial charge in [-0.3, -0.25) is 0 Å². The second-order valence-electron chi connectivity index (χ2n) is 5.09. The molecule has 106 valence electrons. The van der Waals surface area contributed by atoms with Gasteiger partial charge in [-0.2, -0.15) is 5.26 Å². The first-order valence-electron chi connectivity index (χ1n) is 6.77. The van der Waals surface area contributed by atoms with Crippen molar-refractivity contribution in [3.63, 3.8) is 0 Å². The Hall–Kier alpha value is -2.72. The van der Waals surface area contributed by atoms with E-state index in [0.717, 1.165) is 18.3 Å². The number of nitrogens with zero attached hydrogens (tertiary/aromatic N) is 2. The molecule has 1 saturated carbocycles. The smallest absolute Gasteiger partial charge is 0.328 e. The van der Waals surface area contributed by atoms with Crippen molar-refractivity contribution >= 4 is 17.7 Å². The fourth-order valence-corrected chi connectivity index (χ4v) is 2.16. The van der Waals surface area contributed by atoms with Crippen LogP contribution in [0.5, 0.6) is 0 Å². The van der Waals surface area contributed by atoms with Gasteiger partial charge in [0, 0.05) is 12.6 Å². The lowest BCUT2D eigenvalue weighted by Gasteiger charge is -2.23. The molecule has 1 aromatic rings. The standard InChI is InChI=1S/C17H16N2O2/c1-2-9-19(12-14-3-4-14)16-7-5-13(6-8-17(20)21)10-15(16)11-18/h1,5-8,10,14H,3-4,9,12H2,(H,20,21)/b8-6+. The van der Waals surface area contributed by atoms with Crippen LogP contribution in [0.2, 0.25) is 0 Å². The molecule has 1 aromatic carbocycles. The van der Waals surface area contributed by atoms with E-state index >= 15 is 0 Å². The summed E-state index contributed by atoms with van der Waals surface area (Å²) in [5.74, 6) is 2.28. The van der Waals surface area contributed by atoms with E-state index in [-0.39, 0.29) is 0 Å². The summed E-state index contributed by atoms with van der Waals surface area (Å²) in [6, 6.07) is 7.48. The highest BCUT2D eigenvalue weighted by molar-refractivity contribution is 5.85. The molecule has 0 bridgehead atoms. The monoisotopic (exact) mass is 280 g/mol. The molecular weight excluding hydrogens is 264 g/mol. The predicted octanol–water partition coefficient (Wildman–Crippen LogP) is 2.51. The second-order valence-corrected chi connectivity index (χ2v) is 5.09. The fourth-order valence-electron chi connectivity index (χ4n) is 2.16. The molecule has 21 heavy (non-hydrogen) atoms. The van der Waals surface area contributed by atoms with Crippen molar-refractivity contribution < 1.29 is 9.90 Å². The summed E-state index contributed by atoms with van der Waals surface area (Å²) in [5, 5.41) is 18.0. The molecule has 1 aliphatic rings. The number of carbonyl (C=O) groups is 1. The number of benzene rings is 1. The summed E-state index contributed by atoms with van der Waals surface area (Å²) in [6.45, 7) is 1.33. The molecule has 2 rings (SSSR count). The fraction of sp³-hybridized carbons (Fsp3) is 0.294. The number of anilines is 1. The van der Waals surface area contributed by atoms with Crippen LogP contribution in [0.4, 0.5) is 5.69 Å². The van der Waals surface area contributed by atoms with Gasteiger partial charge < -0.3 is 10.0 Å². The highest BCUT2D eigenvalue weighted by Gasteiger charge is 2.25. The van der Waals surface area contributed by atoms with Crippen molar-refractivity contribution in [3.05, 3.63) is 35.4 Å². The summed E-state index contributed by atoms with van der Waals surface area (Å²) in [6.07, 6.45) is 10.4. The van der Waals surface area contributed by atoms with Gasteiger partial charge in [-0.1, -0.05) is 12.0 Å². The Morgan fingerprint density at radius 3 is 2.86 bits per heavy atom. The third kappa shape index (κ3) is 4.12. The molecule has 0 aliphatic heterocycles. The molecule has 0 aromatic heterocycles. The van der Waals surface area contributed by atoms with Gasteiger partial charge in [0.05, 0.1) is 17.8 Å². The van der Waals surface area contributed by atoms with Crippen LogP contribution in [0.25, 0.3) is 6.08 Å². The largest absolute Gasteiger partial charge is 0.478 e. The van der Waals surface area contributed by atoms with E-state index in [1.807, 2.05) is 11.0 Å². The second kappa shape index (κ2) is 6.63. The van der Waals surface area contributed by atoms with Gasteiger partial charge >= 0.3 is 5.97 Å². The summed E-state index contributed by atoms with van der Waals surface area (Å²) >= 11 is 0. The van der Waals surface area contributed by atoms with Gasteiger partial charge in [0.15, 0.2) is 0 Å². The normalized spacial score (nSPS) is 13.6. The number of carboxylic acid groups (broad SMARTS) is 1. The summed E-state index contributed by atoms with van der Waals surface area (Å²) < 4.78 is 0.